The number of likely N-dealkylation sites (tertiary alicyclic amines) is 1. The van der Waals surface area contributed by atoms with Crippen molar-refractivity contribution in [3.8, 4) is 0 Å². The Hall–Kier alpha value is -0.610. The molecule has 1 atom stereocenters. The van der Waals surface area contributed by atoms with Gasteiger partial charge in [-0.15, -0.1) is 0 Å². The predicted molar refractivity (Wildman–Crippen MR) is 73.3 cm³/mol. The minimum atomic E-state index is -0.413. The van der Waals surface area contributed by atoms with Crippen molar-refractivity contribution in [2.45, 2.75) is 64.5 Å². The van der Waals surface area contributed by atoms with E-state index in [0.717, 1.165) is 13.0 Å². The first-order valence-electron chi connectivity index (χ1n) is 7.06. The fourth-order valence-electron chi connectivity index (χ4n) is 2.23. The van der Waals surface area contributed by atoms with Crippen LogP contribution in [0.4, 0.5) is 0 Å². The van der Waals surface area contributed by atoms with Gasteiger partial charge in [-0.1, -0.05) is 6.42 Å². The van der Waals surface area contributed by atoms with Crippen LogP contribution in [0.3, 0.4) is 0 Å². The fourth-order valence-corrected chi connectivity index (χ4v) is 2.23. The van der Waals surface area contributed by atoms with Crippen LogP contribution in [0.25, 0.3) is 0 Å². The molecule has 1 rings (SSSR count). The first-order valence-corrected chi connectivity index (χ1v) is 7.06. The van der Waals surface area contributed by atoms with Gasteiger partial charge in [0, 0.05) is 6.04 Å². The van der Waals surface area contributed by atoms with Crippen molar-refractivity contribution in [1.29, 1.82) is 0 Å². The van der Waals surface area contributed by atoms with Crippen molar-refractivity contribution >= 4 is 5.97 Å². The molecule has 0 aromatic carbocycles. The third kappa shape index (κ3) is 6.97. The minimum Gasteiger partial charge on any atom is -0.460 e. The van der Waals surface area contributed by atoms with Gasteiger partial charge in [-0.25, -0.2) is 0 Å². The maximum absolute atomic E-state index is 11.6. The zero-order valence-corrected chi connectivity index (χ0v) is 12.1. The monoisotopic (exact) mass is 256 g/mol. The van der Waals surface area contributed by atoms with Gasteiger partial charge >= 0.3 is 5.97 Å². The number of carbonyl (C=O) groups is 1. The van der Waals surface area contributed by atoms with Gasteiger partial charge in [0.25, 0.3) is 0 Å². The van der Waals surface area contributed by atoms with Crippen molar-refractivity contribution in [1.82, 2.24) is 4.90 Å². The number of carbonyl (C=O) groups excluding carboxylic acids is 1. The lowest BCUT2D eigenvalue weighted by Crippen LogP contribution is -2.36. The molecule has 0 amide bonds. The molecule has 1 saturated heterocycles. The Labute approximate surface area is 111 Å². The summed E-state index contributed by atoms with van der Waals surface area (Å²) in [4.78, 5) is 14.0. The number of esters is 1. The van der Waals surface area contributed by atoms with E-state index in [1.807, 2.05) is 20.8 Å². The summed E-state index contributed by atoms with van der Waals surface area (Å²) in [6.45, 7) is 9.00. The summed E-state index contributed by atoms with van der Waals surface area (Å²) < 4.78 is 5.27. The molecule has 4 heteroatoms. The van der Waals surface area contributed by atoms with Crippen molar-refractivity contribution < 1.29 is 9.53 Å². The molecule has 1 fully saturated rings. The van der Waals surface area contributed by atoms with Crippen LogP contribution < -0.4 is 5.73 Å². The average molecular weight is 256 g/mol. The number of rotatable bonds is 5. The zero-order valence-electron chi connectivity index (χ0n) is 12.1. The van der Waals surface area contributed by atoms with Crippen molar-refractivity contribution in [3.63, 3.8) is 0 Å². The minimum absolute atomic E-state index is 0.0817. The summed E-state index contributed by atoms with van der Waals surface area (Å²) in [5.74, 6) is -0.186. The van der Waals surface area contributed by atoms with E-state index >= 15 is 0 Å². The molecule has 1 aliphatic rings. The average Bonchev–Trinajstić information content (AvgIpc) is 2.25. The van der Waals surface area contributed by atoms with E-state index in [4.69, 9.17) is 10.5 Å². The lowest BCUT2D eigenvalue weighted by atomic mass is 10.1. The molecular weight excluding hydrogens is 228 g/mol. The largest absolute Gasteiger partial charge is 0.460 e. The smallest absolute Gasteiger partial charge is 0.307 e. The van der Waals surface area contributed by atoms with E-state index in [-0.39, 0.29) is 12.0 Å². The first kappa shape index (κ1) is 15.4. The highest BCUT2D eigenvalue weighted by Gasteiger charge is 2.19. The summed E-state index contributed by atoms with van der Waals surface area (Å²) in [6.07, 6.45) is 5.13. The third-order valence-corrected chi connectivity index (χ3v) is 3.11. The van der Waals surface area contributed by atoms with Gasteiger partial charge in [-0.05, 0) is 59.7 Å². The molecule has 1 heterocycles. The summed E-state index contributed by atoms with van der Waals surface area (Å²) in [5, 5.41) is 0. The Bertz CT molecular complexity index is 255. The van der Waals surface area contributed by atoms with Crippen LogP contribution in [-0.2, 0) is 9.53 Å². The van der Waals surface area contributed by atoms with E-state index in [0.29, 0.717) is 6.42 Å². The lowest BCUT2D eigenvalue weighted by molar-refractivity contribution is -0.155. The van der Waals surface area contributed by atoms with Crippen LogP contribution in [0.5, 0.6) is 0 Å². The second kappa shape index (κ2) is 7.10. The zero-order chi connectivity index (χ0) is 13.6. The molecule has 106 valence electrons. The van der Waals surface area contributed by atoms with Crippen molar-refractivity contribution in [2.24, 2.45) is 5.73 Å². The van der Waals surface area contributed by atoms with E-state index in [9.17, 15) is 4.79 Å². The Morgan fingerprint density at radius 1 is 1.28 bits per heavy atom. The maximum Gasteiger partial charge on any atom is 0.307 e. The second-order valence-corrected chi connectivity index (χ2v) is 6.24. The van der Waals surface area contributed by atoms with E-state index in [1.54, 1.807) is 0 Å². The SMILES string of the molecule is CC(C)(C)OC(=O)CC(N)CCN1CCCCC1. The molecule has 1 unspecified atom stereocenters. The summed E-state index contributed by atoms with van der Waals surface area (Å²) in [7, 11) is 0. The van der Waals surface area contributed by atoms with Gasteiger partial charge < -0.3 is 15.4 Å². The van der Waals surface area contributed by atoms with Crippen LogP contribution >= 0.6 is 0 Å². The van der Waals surface area contributed by atoms with Gasteiger partial charge in [-0.3, -0.25) is 4.79 Å². The molecule has 0 radical (unpaired) electrons. The quantitative estimate of drug-likeness (QED) is 0.764. The molecule has 1 aliphatic heterocycles. The number of nitrogens with two attached hydrogens (primary N) is 1. The highest BCUT2D eigenvalue weighted by molar-refractivity contribution is 5.70. The molecule has 0 spiro atoms. The van der Waals surface area contributed by atoms with Gasteiger partial charge in [0.1, 0.15) is 5.60 Å². The number of piperidine rings is 1. The summed E-state index contributed by atoms with van der Waals surface area (Å²) >= 11 is 0. The number of ether oxygens (including phenoxy) is 1. The second-order valence-electron chi connectivity index (χ2n) is 6.24. The fraction of sp³-hybridized carbons (Fsp3) is 0.929. The Morgan fingerprint density at radius 2 is 1.89 bits per heavy atom. The molecule has 18 heavy (non-hydrogen) atoms. The normalized spacial score (nSPS) is 19.6. The maximum atomic E-state index is 11.6. The molecule has 0 aromatic rings. The number of hydrogen-bond acceptors (Lipinski definition) is 4. The summed E-state index contributed by atoms with van der Waals surface area (Å²) in [5.41, 5.74) is 5.57. The molecule has 0 aromatic heterocycles. The molecule has 0 saturated carbocycles. The van der Waals surface area contributed by atoms with Crippen LogP contribution in [0.15, 0.2) is 0 Å². The van der Waals surface area contributed by atoms with E-state index in [2.05, 4.69) is 4.90 Å². The summed E-state index contributed by atoms with van der Waals surface area (Å²) in [6, 6.07) is -0.0817. The Balaban J connectivity index is 2.16. The van der Waals surface area contributed by atoms with E-state index in [1.165, 1.54) is 32.4 Å². The first-order chi connectivity index (χ1) is 8.37. The highest BCUT2D eigenvalue weighted by atomic mass is 16.6. The van der Waals surface area contributed by atoms with Gasteiger partial charge in [0.05, 0.1) is 6.42 Å². The van der Waals surface area contributed by atoms with Gasteiger partial charge in [0.15, 0.2) is 0 Å². The van der Waals surface area contributed by atoms with Gasteiger partial charge in [-0.2, -0.15) is 0 Å². The van der Waals surface area contributed by atoms with Crippen LogP contribution in [-0.4, -0.2) is 42.1 Å². The third-order valence-electron chi connectivity index (χ3n) is 3.11. The lowest BCUT2D eigenvalue weighted by Gasteiger charge is -2.27. The topological polar surface area (TPSA) is 55.6 Å². The molecule has 2 N–H and O–H groups in total. The molecule has 0 bridgehead atoms. The number of nitrogens with zero attached hydrogens (tertiary/aromatic N) is 1. The molecule has 4 nitrogen and oxygen atoms in total. The predicted octanol–water partition coefficient (Wildman–Crippen LogP) is 1.92. The van der Waals surface area contributed by atoms with E-state index < -0.39 is 5.60 Å². The molecule has 0 aliphatic carbocycles. The standard InChI is InChI=1S/C14H28N2O2/c1-14(2,3)18-13(17)11-12(15)7-10-16-8-5-4-6-9-16/h12H,4-11,15H2,1-3H3. The Morgan fingerprint density at radius 3 is 2.44 bits per heavy atom. The highest BCUT2D eigenvalue weighted by Crippen LogP contribution is 2.12. The van der Waals surface area contributed by atoms with Crippen LogP contribution in [0.2, 0.25) is 0 Å². The molecular formula is C14H28N2O2. The Kier molecular flexibility index (Phi) is 6.09. The van der Waals surface area contributed by atoms with Gasteiger partial charge in [0.2, 0.25) is 0 Å². The van der Waals surface area contributed by atoms with Crippen LogP contribution in [0, 0.1) is 0 Å². The van der Waals surface area contributed by atoms with Crippen molar-refractivity contribution in [3.05, 3.63) is 0 Å². The van der Waals surface area contributed by atoms with Crippen molar-refractivity contribution in [2.75, 3.05) is 19.6 Å². The van der Waals surface area contributed by atoms with Crippen LogP contribution in [0.1, 0.15) is 52.9 Å². The number of hydrogen-bond donors (Lipinski definition) is 1.